The highest BCUT2D eigenvalue weighted by Crippen LogP contribution is 2.22. The molecule has 0 aliphatic carbocycles. The summed E-state index contributed by atoms with van der Waals surface area (Å²) >= 11 is 3.49. The van der Waals surface area contributed by atoms with Gasteiger partial charge in [-0.1, -0.05) is 46.3 Å². The van der Waals surface area contributed by atoms with Crippen molar-refractivity contribution in [2.24, 2.45) is 0 Å². The lowest BCUT2D eigenvalue weighted by Crippen LogP contribution is -2.00. The molecule has 0 unspecified atom stereocenters. The molecule has 0 spiro atoms. The van der Waals surface area contributed by atoms with Gasteiger partial charge in [-0.3, -0.25) is 0 Å². The quantitative estimate of drug-likeness (QED) is 0.703. The molecule has 20 heavy (non-hydrogen) atoms. The molecule has 100 valence electrons. The summed E-state index contributed by atoms with van der Waals surface area (Å²) in [7, 11) is 0. The van der Waals surface area contributed by atoms with E-state index in [1.54, 1.807) is 0 Å². The first kappa shape index (κ1) is 13.0. The van der Waals surface area contributed by atoms with Gasteiger partial charge in [0.1, 0.15) is 0 Å². The Morgan fingerprint density at radius 2 is 1.75 bits per heavy atom. The highest BCUT2D eigenvalue weighted by atomic mass is 79.9. The Morgan fingerprint density at radius 3 is 2.55 bits per heavy atom. The molecule has 0 atom stereocenters. The summed E-state index contributed by atoms with van der Waals surface area (Å²) in [6.45, 7) is 0.776. The summed E-state index contributed by atoms with van der Waals surface area (Å²) in [6, 6.07) is 18.5. The van der Waals surface area contributed by atoms with Crippen molar-refractivity contribution in [2.45, 2.75) is 6.54 Å². The second-order valence-corrected chi connectivity index (χ2v) is 5.70. The minimum Gasteiger partial charge on any atom is -0.398 e. The molecule has 0 saturated carbocycles. The predicted molar refractivity (Wildman–Crippen MR) is 87.5 cm³/mol. The smallest absolute Gasteiger partial charge is 0.0491 e. The van der Waals surface area contributed by atoms with Crippen LogP contribution in [0.3, 0.4) is 0 Å². The Bertz CT molecular complexity index is 717. The summed E-state index contributed by atoms with van der Waals surface area (Å²) < 4.78 is 3.21. The number of halogens is 1. The number of nitrogens with two attached hydrogens (primary N) is 1. The van der Waals surface area contributed by atoms with Gasteiger partial charge in [-0.25, -0.2) is 0 Å². The second kappa shape index (κ2) is 5.55. The SMILES string of the molecule is Nc1ccc(Br)cc1Cn1ccc(-c2ccccc2)c1. The van der Waals surface area contributed by atoms with E-state index in [1.807, 2.05) is 18.2 Å². The van der Waals surface area contributed by atoms with E-state index in [0.717, 1.165) is 22.3 Å². The van der Waals surface area contributed by atoms with Gasteiger partial charge in [-0.05, 0) is 41.0 Å². The maximum absolute atomic E-state index is 6.02. The summed E-state index contributed by atoms with van der Waals surface area (Å²) in [4.78, 5) is 0. The molecule has 0 aliphatic heterocycles. The van der Waals surface area contributed by atoms with Crippen molar-refractivity contribution in [3.8, 4) is 11.1 Å². The van der Waals surface area contributed by atoms with E-state index in [-0.39, 0.29) is 0 Å². The Hall–Kier alpha value is -2.00. The van der Waals surface area contributed by atoms with Crippen LogP contribution in [0, 0.1) is 0 Å². The van der Waals surface area contributed by atoms with Crippen molar-refractivity contribution < 1.29 is 0 Å². The minimum absolute atomic E-state index is 0.776. The number of aromatic nitrogens is 1. The number of benzene rings is 2. The molecule has 0 radical (unpaired) electrons. The van der Waals surface area contributed by atoms with Gasteiger partial charge in [-0.2, -0.15) is 0 Å². The van der Waals surface area contributed by atoms with Crippen LogP contribution in [0.25, 0.3) is 11.1 Å². The molecule has 3 rings (SSSR count). The molecule has 2 N–H and O–H groups in total. The largest absolute Gasteiger partial charge is 0.398 e. The predicted octanol–water partition coefficient (Wildman–Crippen LogP) is 4.55. The average molecular weight is 327 g/mol. The topological polar surface area (TPSA) is 30.9 Å². The third-order valence-corrected chi connectivity index (χ3v) is 3.81. The standard InChI is InChI=1S/C17H15BrN2/c18-16-6-7-17(19)15(10-16)12-20-9-8-14(11-20)13-4-2-1-3-5-13/h1-11H,12,19H2. The minimum atomic E-state index is 0.776. The fourth-order valence-corrected chi connectivity index (χ4v) is 2.66. The third kappa shape index (κ3) is 2.78. The fraction of sp³-hybridized carbons (Fsp3) is 0.0588. The van der Waals surface area contributed by atoms with Crippen molar-refractivity contribution in [1.82, 2.24) is 4.57 Å². The third-order valence-electron chi connectivity index (χ3n) is 3.32. The van der Waals surface area contributed by atoms with Gasteiger partial charge in [0.15, 0.2) is 0 Å². The van der Waals surface area contributed by atoms with Crippen LogP contribution in [0.4, 0.5) is 5.69 Å². The van der Waals surface area contributed by atoms with E-state index < -0.39 is 0 Å². The zero-order valence-corrected chi connectivity index (χ0v) is 12.5. The molecule has 3 heteroatoms. The van der Waals surface area contributed by atoms with Crippen LogP contribution >= 0.6 is 15.9 Å². The lowest BCUT2D eigenvalue weighted by Gasteiger charge is -2.07. The van der Waals surface area contributed by atoms with Crippen molar-refractivity contribution in [1.29, 1.82) is 0 Å². The van der Waals surface area contributed by atoms with Gasteiger partial charge < -0.3 is 10.3 Å². The van der Waals surface area contributed by atoms with Crippen LogP contribution in [0.1, 0.15) is 5.56 Å². The summed E-state index contributed by atoms with van der Waals surface area (Å²) in [5, 5.41) is 0. The maximum Gasteiger partial charge on any atom is 0.0491 e. The van der Waals surface area contributed by atoms with Gasteiger partial charge >= 0.3 is 0 Å². The number of hydrogen-bond acceptors (Lipinski definition) is 1. The van der Waals surface area contributed by atoms with E-state index in [2.05, 4.69) is 69.3 Å². The molecule has 1 heterocycles. The molecule has 3 aromatic rings. The van der Waals surface area contributed by atoms with Gasteiger partial charge in [0.05, 0.1) is 0 Å². The molecule has 2 aromatic carbocycles. The lowest BCUT2D eigenvalue weighted by atomic mass is 10.1. The zero-order valence-electron chi connectivity index (χ0n) is 11.0. The van der Waals surface area contributed by atoms with Crippen LogP contribution in [-0.4, -0.2) is 4.57 Å². The number of nitrogens with zero attached hydrogens (tertiary/aromatic N) is 1. The van der Waals surface area contributed by atoms with Crippen LogP contribution in [0.15, 0.2) is 71.5 Å². The molecule has 0 bridgehead atoms. The van der Waals surface area contributed by atoms with E-state index in [9.17, 15) is 0 Å². The van der Waals surface area contributed by atoms with Crippen LogP contribution in [-0.2, 0) is 6.54 Å². The zero-order chi connectivity index (χ0) is 13.9. The Kier molecular flexibility index (Phi) is 3.61. The van der Waals surface area contributed by atoms with Crippen LogP contribution < -0.4 is 5.73 Å². The molecule has 0 saturated heterocycles. The van der Waals surface area contributed by atoms with E-state index in [0.29, 0.717) is 0 Å². The maximum atomic E-state index is 6.02. The first-order valence-corrected chi connectivity index (χ1v) is 7.27. The van der Waals surface area contributed by atoms with Crippen molar-refractivity contribution in [3.05, 3.63) is 77.0 Å². The number of hydrogen-bond donors (Lipinski definition) is 1. The Morgan fingerprint density at radius 1 is 0.950 bits per heavy atom. The molecular formula is C17H15BrN2. The van der Waals surface area contributed by atoms with E-state index in [4.69, 9.17) is 5.73 Å². The lowest BCUT2D eigenvalue weighted by molar-refractivity contribution is 0.808. The molecule has 0 aliphatic rings. The Balaban J connectivity index is 1.86. The van der Waals surface area contributed by atoms with E-state index in [1.165, 1.54) is 11.1 Å². The summed E-state index contributed by atoms with van der Waals surface area (Å²) in [6.07, 6.45) is 4.23. The second-order valence-electron chi connectivity index (χ2n) is 4.78. The number of rotatable bonds is 3. The van der Waals surface area contributed by atoms with Crippen LogP contribution in [0.2, 0.25) is 0 Å². The molecule has 1 aromatic heterocycles. The van der Waals surface area contributed by atoms with Gasteiger partial charge in [0.2, 0.25) is 0 Å². The highest BCUT2D eigenvalue weighted by molar-refractivity contribution is 9.10. The molecule has 2 nitrogen and oxygen atoms in total. The monoisotopic (exact) mass is 326 g/mol. The van der Waals surface area contributed by atoms with Gasteiger partial charge in [0.25, 0.3) is 0 Å². The van der Waals surface area contributed by atoms with Crippen molar-refractivity contribution >= 4 is 21.6 Å². The molecular weight excluding hydrogens is 312 g/mol. The van der Waals surface area contributed by atoms with E-state index >= 15 is 0 Å². The van der Waals surface area contributed by atoms with Crippen LogP contribution in [0.5, 0.6) is 0 Å². The summed E-state index contributed by atoms with van der Waals surface area (Å²) in [5.74, 6) is 0. The Labute approximate surface area is 127 Å². The first-order chi connectivity index (χ1) is 9.72. The van der Waals surface area contributed by atoms with Gasteiger partial charge in [0, 0.05) is 29.1 Å². The first-order valence-electron chi connectivity index (χ1n) is 6.47. The van der Waals surface area contributed by atoms with Crippen molar-refractivity contribution in [2.75, 3.05) is 5.73 Å². The van der Waals surface area contributed by atoms with Gasteiger partial charge in [-0.15, -0.1) is 0 Å². The number of anilines is 1. The fourth-order valence-electron chi connectivity index (χ4n) is 2.25. The normalized spacial score (nSPS) is 10.7. The molecule has 0 amide bonds. The molecule has 0 fully saturated rings. The van der Waals surface area contributed by atoms with Crippen molar-refractivity contribution in [3.63, 3.8) is 0 Å². The average Bonchev–Trinajstić information content (AvgIpc) is 2.92. The number of nitrogen functional groups attached to an aromatic ring is 1. The highest BCUT2D eigenvalue weighted by Gasteiger charge is 2.03. The summed E-state index contributed by atoms with van der Waals surface area (Å²) in [5.41, 5.74) is 10.4.